The largest absolute Gasteiger partial charge is 0.299 e. The van der Waals surface area contributed by atoms with E-state index in [1.54, 1.807) is 6.20 Å². The maximum Gasteiger partial charge on any atom is 0.114 e. The van der Waals surface area contributed by atoms with Gasteiger partial charge in [-0.05, 0) is 25.1 Å². The van der Waals surface area contributed by atoms with Crippen molar-refractivity contribution in [3.63, 3.8) is 0 Å². The van der Waals surface area contributed by atoms with Gasteiger partial charge in [0.1, 0.15) is 5.69 Å². The molecule has 1 aliphatic rings. The number of benzene rings is 1. The molecule has 0 bridgehead atoms. The van der Waals surface area contributed by atoms with Gasteiger partial charge in [0.25, 0.3) is 0 Å². The van der Waals surface area contributed by atoms with Gasteiger partial charge in [-0.1, -0.05) is 29.8 Å². The second-order valence-electron chi connectivity index (χ2n) is 4.26. The zero-order valence-electron chi connectivity index (χ0n) is 9.36. The molecule has 0 radical (unpaired) electrons. The van der Waals surface area contributed by atoms with Crippen LogP contribution >= 0.6 is 11.6 Å². The predicted molar refractivity (Wildman–Crippen MR) is 66.7 cm³/mol. The normalized spacial score (nSPS) is 15.8. The van der Waals surface area contributed by atoms with Crippen LogP contribution in [0.4, 0.5) is 0 Å². The fourth-order valence-electron chi connectivity index (χ4n) is 2.01. The summed E-state index contributed by atoms with van der Waals surface area (Å²) >= 11 is 6.42. The minimum Gasteiger partial charge on any atom is -0.299 e. The van der Waals surface area contributed by atoms with Crippen LogP contribution in [0.1, 0.15) is 12.0 Å². The molecule has 1 aromatic heterocycles. The average molecular weight is 249 g/mol. The van der Waals surface area contributed by atoms with Crippen LogP contribution < -0.4 is 0 Å². The number of hydrogen-bond acceptors (Lipinski definition) is 3. The molecule has 17 heavy (non-hydrogen) atoms. The van der Waals surface area contributed by atoms with Gasteiger partial charge in [0.15, 0.2) is 0 Å². The van der Waals surface area contributed by atoms with Crippen LogP contribution in [-0.4, -0.2) is 33.4 Å². The van der Waals surface area contributed by atoms with Crippen LogP contribution in [0.15, 0.2) is 24.4 Å². The minimum atomic E-state index is 0.785. The van der Waals surface area contributed by atoms with Crippen LogP contribution in [0.2, 0.25) is 5.02 Å². The lowest BCUT2D eigenvalue weighted by atomic mass is 10.1. The Kier molecular flexibility index (Phi) is 2.82. The summed E-state index contributed by atoms with van der Waals surface area (Å²) in [6, 6.07) is 6.06. The van der Waals surface area contributed by atoms with Crippen molar-refractivity contribution in [2.24, 2.45) is 0 Å². The van der Waals surface area contributed by atoms with Gasteiger partial charge in [0.05, 0.1) is 11.2 Å². The molecule has 2 aromatic rings. The molecule has 0 spiro atoms. The van der Waals surface area contributed by atoms with E-state index in [0.717, 1.165) is 28.4 Å². The summed E-state index contributed by atoms with van der Waals surface area (Å²) in [7, 11) is 0. The molecule has 1 saturated heterocycles. The van der Waals surface area contributed by atoms with Gasteiger partial charge in [-0.25, -0.2) is 0 Å². The van der Waals surface area contributed by atoms with Gasteiger partial charge >= 0.3 is 0 Å². The number of aromatic nitrogens is 3. The Morgan fingerprint density at radius 1 is 1.35 bits per heavy atom. The lowest BCUT2D eigenvalue weighted by molar-refractivity contribution is 0.172. The highest BCUT2D eigenvalue weighted by Gasteiger charge is 2.17. The Hall–Kier alpha value is -1.39. The maximum absolute atomic E-state index is 6.42. The number of nitrogens with zero attached hydrogens (tertiary/aromatic N) is 3. The summed E-state index contributed by atoms with van der Waals surface area (Å²) < 4.78 is 0. The van der Waals surface area contributed by atoms with E-state index in [-0.39, 0.29) is 0 Å². The third-order valence-corrected chi connectivity index (χ3v) is 3.56. The molecule has 88 valence electrons. The molecule has 4 nitrogen and oxygen atoms in total. The van der Waals surface area contributed by atoms with E-state index >= 15 is 0 Å². The molecule has 5 heteroatoms. The highest BCUT2D eigenvalue weighted by Crippen LogP contribution is 2.30. The van der Waals surface area contributed by atoms with Gasteiger partial charge in [-0.2, -0.15) is 15.4 Å². The molecule has 0 aliphatic carbocycles. The summed E-state index contributed by atoms with van der Waals surface area (Å²) in [4.78, 5) is 2.38. The van der Waals surface area contributed by atoms with Gasteiger partial charge in [-0.3, -0.25) is 4.90 Å². The highest BCUT2D eigenvalue weighted by atomic mass is 35.5. The molecular formula is C12H13ClN4. The van der Waals surface area contributed by atoms with Gasteiger partial charge in [0.2, 0.25) is 0 Å². The van der Waals surface area contributed by atoms with Crippen molar-refractivity contribution < 1.29 is 0 Å². The monoisotopic (exact) mass is 248 g/mol. The van der Waals surface area contributed by atoms with Gasteiger partial charge < -0.3 is 0 Å². The zero-order chi connectivity index (χ0) is 11.7. The Labute approximate surface area is 105 Å². The van der Waals surface area contributed by atoms with Crippen molar-refractivity contribution in [1.29, 1.82) is 0 Å². The van der Waals surface area contributed by atoms with Crippen LogP contribution in [0.3, 0.4) is 0 Å². The fourth-order valence-corrected chi connectivity index (χ4v) is 2.29. The Morgan fingerprint density at radius 3 is 2.88 bits per heavy atom. The number of likely N-dealkylation sites (tertiary alicyclic amines) is 1. The van der Waals surface area contributed by atoms with E-state index in [1.165, 1.54) is 19.5 Å². The molecule has 0 saturated carbocycles. The fraction of sp³-hybridized carbons (Fsp3) is 0.333. The van der Waals surface area contributed by atoms with Crippen molar-refractivity contribution in [3.05, 3.63) is 35.0 Å². The average Bonchev–Trinajstić information content (AvgIpc) is 2.78. The maximum atomic E-state index is 6.42. The topological polar surface area (TPSA) is 44.8 Å². The smallest absolute Gasteiger partial charge is 0.114 e. The first-order valence-electron chi connectivity index (χ1n) is 5.70. The minimum absolute atomic E-state index is 0.785. The van der Waals surface area contributed by atoms with Crippen LogP contribution in [0, 0.1) is 0 Å². The third-order valence-electron chi connectivity index (χ3n) is 3.11. The molecule has 0 unspecified atom stereocenters. The van der Waals surface area contributed by atoms with Crippen molar-refractivity contribution in [2.45, 2.75) is 13.0 Å². The molecule has 1 aliphatic heterocycles. The standard InChI is InChI=1S/C12H13ClN4/c13-12-9(8-17-5-2-6-17)3-1-4-10(12)11-7-14-16-15-11/h1,3-4,7H,2,5-6,8H2,(H,14,15,16). The summed E-state index contributed by atoms with van der Waals surface area (Å²) in [5.74, 6) is 0. The molecule has 0 amide bonds. The van der Waals surface area contributed by atoms with Crippen molar-refractivity contribution >= 4 is 11.6 Å². The van der Waals surface area contributed by atoms with E-state index in [4.69, 9.17) is 11.6 Å². The Morgan fingerprint density at radius 2 is 2.24 bits per heavy atom. The van der Waals surface area contributed by atoms with Gasteiger partial charge in [-0.15, -0.1) is 0 Å². The van der Waals surface area contributed by atoms with Crippen molar-refractivity contribution in [3.8, 4) is 11.3 Å². The van der Waals surface area contributed by atoms with Crippen molar-refractivity contribution in [2.75, 3.05) is 13.1 Å². The second kappa shape index (κ2) is 4.47. The Bertz CT molecular complexity index is 505. The molecule has 1 fully saturated rings. The number of halogens is 1. The molecule has 0 atom stereocenters. The van der Waals surface area contributed by atoms with Crippen LogP contribution in [-0.2, 0) is 6.54 Å². The van der Waals surface area contributed by atoms with E-state index in [9.17, 15) is 0 Å². The number of rotatable bonds is 3. The second-order valence-corrected chi connectivity index (χ2v) is 4.64. The SMILES string of the molecule is Clc1c(CN2CCC2)cccc1-c1cn[nH]n1. The van der Waals surface area contributed by atoms with Gasteiger partial charge in [0, 0.05) is 12.1 Å². The first-order chi connectivity index (χ1) is 8.34. The number of H-pyrrole nitrogens is 1. The lowest BCUT2D eigenvalue weighted by Gasteiger charge is -2.31. The zero-order valence-corrected chi connectivity index (χ0v) is 10.1. The number of hydrogen-bond donors (Lipinski definition) is 1. The summed E-state index contributed by atoms with van der Waals surface area (Å²) in [6.45, 7) is 3.26. The molecule has 2 heterocycles. The highest BCUT2D eigenvalue weighted by molar-refractivity contribution is 6.34. The van der Waals surface area contributed by atoms with E-state index in [1.807, 2.05) is 12.1 Å². The van der Waals surface area contributed by atoms with Crippen LogP contribution in [0.5, 0.6) is 0 Å². The predicted octanol–water partition coefficient (Wildman–Crippen LogP) is 2.33. The number of aromatic amines is 1. The van der Waals surface area contributed by atoms with Crippen LogP contribution in [0.25, 0.3) is 11.3 Å². The molecule has 1 aromatic carbocycles. The summed E-state index contributed by atoms with van der Waals surface area (Å²) in [5, 5.41) is 11.3. The van der Waals surface area contributed by atoms with E-state index in [2.05, 4.69) is 26.4 Å². The Balaban J connectivity index is 1.92. The van der Waals surface area contributed by atoms with E-state index in [0.29, 0.717) is 0 Å². The first kappa shape index (κ1) is 10.7. The molecule has 3 rings (SSSR count). The first-order valence-corrected chi connectivity index (χ1v) is 6.08. The molecular weight excluding hydrogens is 236 g/mol. The van der Waals surface area contributed by atoms with Crippen molar-refractivity contribution in [1.82, 2.24) is 20.3 Å². The third kappa shape index (κ3) is 2.06. The lowest BCUT2D eigenvalue weighted by Crippen LogP contribution is -2.36. The number of nitrogens with one attached hydrogen (secondary N) is 1. The van der Waals surface area contributed by atoms with E-state index < -0.39 is 0 Å². The molecule has 1 N–H and O–H groups in total. The summed E-state index contributed by atoms with van der Waals surface area (Å²) in [5.41, 5.74) is 2.89. The summed E-state index contributed by atoms with van der Waals surface area (Å²) in [6.07, 6.45) is 2.98. The quantitative estimate of drug-likeness (QED) is 0.907.